The molecule has 2 saturated heterocycles. The van der Waals surface area contributed by atoms with Crippen molar-refractivity contribution in [3.63, 3.8) is 0 Å². The first kappa shape index (κ1) is 18.2. The number of nitrogens with zero attached hydrogens (tertiary/aromatic N) is 2. The highest BCUT2D eigenvalue weighted by atomic mass is 16.2. The van der Waals surface area contributed by atoms with Crippen molar-refractivity contribution >= 4 is 35.2 Å². The van der Waals surface area contributed by atoms with E-state index in [1.54, 1.807) is 11.8 Å². The van der Waals surface area contributed by atoms with Crippen LogP contribution in [0, 0.1) is 17.3 Å². The molecule has 3 aliphatic heterocycles. The number of amides is 5. The molecule has 3 aliphatic rings. The largest absolute Gasteiger partial charge is 0.341 e. The molecule has 3 heterocycles. The SMILES string of the molecule is CCN(CC)C(=O)C1(C)N=C(C)C2(C3CC(=O)NC3=O)C(=O)NC(=O)C12. The van der Waals surface area contributed by atoms with Crippen molar-refractivity contribution in [2.45, 2.75) is 39.7 Å². The van der Waals surface area contributed by atoms with Crippen molar-refractivity contribution in [1.82, 2.24) is 15.5 Å². The van der Waals surface area contributed by atoms with E-state index >= 15 is 0 Å². The number of imide groups is 2. The first-order valence-corrected chi connectivity index (χ1v) is 8.69. The molecule has 3 rings (SSSR count). The third-order valence-electron chi connectivity index (χ3n) is 5.89. The normalized spacial score (nSPS) is 35.9. The summed E-state index contributed by atoms with van der Waals surface area (Å²) < 4.78 is 0. The van der Waals surface area contributed by atoms with E-state index in [4.69, 9.17) is 0 Å². The average molecular weight is 362 g/mol. The Balaban J connectivity index is 2.16. The van der Waals surface area contributed by atoms with Gasteiger partial charge in [-0.3, -0.25) is 39.6 Å². The minimum absolute atomic E-state index is 0.210. The number of fused-ring (bicyclic) bond motifs is 1. The number of hydrogen-bond acceptors (Lipinski definition) is 6. The van der Waals surface area contributed by atoms with Crippen molar-refractivity contribution in [3.05, 3.63) is 0 Å². The summed E-state index contributed by atoms with van der Waals surface area (Å²) in [4.78, 5) is 68.7. The number of aliphatic imine (C=N–C) groups is 1. The van der Waals surface area contributed by atoms with Gasteiger partial charge in [0.15, 0.2) is 0 Å². The zero-order valence-electron chi connectivity index (χ0n) is 15.2. The van der Waals surface area contributed by atoms with Crippen LogP contribution in [0.2, 0.25) is 0 Å². The second kappa shape index (κ2) is 5.72. The second-order valence-corrected chi connectivity index (χ2v) is 7.11. The Morgan fingerprint density at radius 3 is 2.27 bits per heavy atom. The van der Waals surface area contributed by atoms with Crippen LogP contribution in [0.1, 0.15) is 34.1 Å². The summed E-state index contributed by atoms with van der Waals surface area (Å²) in [6, 6.07) is 0. The van der Waals surface area contributed by atoms with E-state index in [9.17, 15) is 24.0 Å². The molecule has 4 atom stereocenters. The lowest BCUT2D eigenvalue weighted by atomic mass is 9.61. The van der Waals surface area contributed by atoms with Gasteiger partial charge in [0.05, 0.1) is 11.8 Å². The van der Waals surface area contributed by atoms with E-state index in [2.05, 4.69) is 15.6 Å². The molecule has 2 N–H and O–H groups in total. The maximum atomic E-state index is 13.1. The molecule has 0 aromatic rings. The molecule has 4 unspecified atom stereocenters. The fourth-order valence-corrected chi connectivity index (χ4v) is 4.74. The van der Waals surface area contributed by atoms with Gasteiger partial charge in [0.1, 0.15) is 11.0 Å². The minimum Gasteiger partial charge on any atom is -0.341 e. The number of carbonyl (C=O) groups excluding carboxylic acids is 5. The smallest absolute Gasteiger partial charge is 0.251 e. The molecule has 5 amide bonds. The van der Waals surface area contributed by atoms with E-state index in [-0.39, 0.29) is 18.0 Å². The van der Waals surface area contributed by atoms with Gasteiger partial charge in [0.2, 0.25) is 23.6 Å². The van der Waals surface area contributed by atoms with Gasteiger partial charge in [-0.2, -0.15) is 0 Å². The highest BCUT2D eigenvalue weighted by Gasteiger charge is 2.74. The van der Waals surface area contributed by atoms with Crippen molar-refractivity contribution in [1.29, 1.82) is 0 Å². The van der Waals surface area contributed by atoms with Crippen LogP contribution in [-0.4, -0.2) is 58.8 Å². The molecule has 0 saturated carbocycles. The molecule has 9 nitrogen and oxygen atoms in total. The fourth-order valence-electron chi connectivity index (χ4n) is 4.74. The van der Waals surface area contributed by atoms with E-state index in [1.807, 2.05) is 13.8 Å². The van der Waals surface area contributed by atoms with E-state index in [0.717, 1.165) is 0 Å². The van der Waals surface area contributed by atoms with Crippen molar-refractivity contribution in [2.24, 2.45) is 22.2 Å². The number of likely N-dealkylation sites (N-methyl/N-ethyl adjacent to an activating group) is 1. The Kier molecular flexibility index (Phi) is 4.01. The molecule has 140 valence electrons. The fraction of sp³-hybridized carbons (Fsp3) is 0.647. The van der Waals surface area contributed by atoms with Crippen LogP contribution >= 0.6 is 0 Å². The number of rotatable bonds is 4. The zero-order valence-corrected chi connectivity index (χ0v) is 15.2. The Hall–Kier alpha value is -2.58. The van der Waals surface area contributed by atoms with Crippen LogP contribution in [0.15, 0.2) is 4.99 Å². The molecule has 0 aliphatic carbocycles. The van der Waals surface area contributed by atoms with Gasteiger partial charge >= 0.3 is 0 Å². The van der Waals surface area contributed by atoms with Crippen molar-refractivity contribution in [3.8, 4) is 0 Å². The van der Waals surface area contributed by atoms with Gasteiger partial charge < -0.3 is 4.90 Å². The Bertz CT molecular complexity index is 771. The summed E-state index contributed by atoms with van der Waals surface area (Å²) in [5, 5.41) is 4.46. The maximum Gasteiger partial charge on any atom is 0.251 e. The third-order valence-corrected chi connectivity index (χ3v) is 5.89. The third kappa shape index (κ3) is 2.02. The molecule has 9 heteroatoms. The van der Waals surface area contributed by atoms with Gasteiger partial charge in [-0.25, -0.2) is 0 Å². The molecule has 0 spiro atoms. The maximum absolute atomic E-state index is 13.1. The predicted octanol–water partition coefficient (Wildman–Crippen LogP) is -0.990. The van der Waals surface area contributed by atoms with Gasteiger partial charge in [-0.15, -0.1) is 0 Å². The highest BCUT2D eigenvalue weighted by molar-refractivity contribution is 6.27. The van der Waals surface area contributed by atoms with Gasteiger partial charge in [-0.1, -0.05) is 0 Å². The van der Waals surface area contributed by atoms with E-state index in [1.165, 1.54) is 6.92 Å². The molecule has 0 radical (unpaired) electrons. The lowest BCUT2D eigenvalue weighted by Crippen LogP contribution is -2.56. The van der Waals surface area contributed by atoms with E-state index in [0.29, 0.717) is 13.1 Å². The minimum atomic E-state index is -1.61. The van der Waals surface area contributed by atoms with Gasteiger partial charge in [0.25, 0.3) is 5.91 Å². The number of hydrogen-bond donors (Lipinski definition) is 2. The Morgan fingerprint density at radius 2 is 1.77 bits per heavy atom. The molecule has 0 bridgehead atoms. The molecule has 0 aromatic heterocycles. The van der Waals surface area contributed by atoms with E-state index < -0.39 is 46.4 Å². The number of nitrogens with one attached hydrogen (secondary N) is 2. The molecular weight excluding hydrogens is 340 g/mol. The van der Waals surface area contributed by atoms with Crippen LogP contribution in [0.25, 0.3) is 0 Å². The van der Waals surface area contributed by atoms with Gasteiger partial charge in [-0.05, 0) is 27.7 Å². The lowest BCUT2D eigenvalue weighted by molar-refractivity contribution is -0.144. The Morgan fingerprint density at radius 1 is 1.15 bits per heavy atom. The summed E-state index contributed by atoms with van der Waals surface area (Å²) in [5.41, 5.74) is -2.87. The average Bonchev–Trinajstić information content (AvgIpc) is 3.12. The monoisotopic (exact) mass is 362 g/mol. The standard InChI is InChI=1S/C17H22N4O5/c1-5-21(6-2)15(26)16(4)11-13(24)19-14(25)17(11,8(3)20-16)9-7-10(22)18-12(9)23/h9,11H,5-7H2,1-4H3,(H,18,22,23)(H,19,24,25). The molecule has 26 heavy (non-hydrogen) atoms. The van der Waals surface area contributed by atoms with Crippen molar-refractivity contribution < 1.29 is 24.0 Å². The summed E-state index contributed by atoms with van der Waals surface area (Å²) in [5.74, 6) is -5.00. The van der Waals surface area contributed by atoms with Gasteiger partial charge in [0, 0.05) is 25.2 Å². The van der Waals surface area contributed by atoms with Crippen LogP contribution in [-0.2, 0) is 24.0 Å². The topological polar surface area (TPSA) is 125 Å². The quantitative estimate of drug-likeness (QED) is 0.621. The first-order chi connectivity index (χ1) is 12.1. The second-order valence-electron chi connectivity index (χ2n) is 7.11. The molecule has 0 aromatic carbocycles. The summed E-state index contributed by atoms with van der Waals surface area (Å²) >= 11 is 0. The molecule has 2 fully saturated rings. The predicted molar refractivity (Wildman–Crippen MR) is 89.8 cm³/mol. The van der Waals surface area contributed by atoms with Crippen LogP contribution in [0.4, 0.5) is 0 Å². The lowest BCUT2D eigenvalue weighted by Gasteiger charge is -2.36. The highest BCUT2D eigenvalue weighted by Crippen LogP contribution is 2.55. The summed E-state index contributed by atoms with van der Waals surface area (Å²) in [6.45, 7) is 7.55. The summed E-state index contributed by atoms with van der Waals surface area (Å²) in [6.07, 6.45) is -0.210. The first-order valence-electron chi connectivity index (χ1n) is 8.69. The van der Waals surface area contributed by atoms with Crippen LogP contribution < -0.4 is 10.6 Å². The molecular formula is C17H22N4O5. The number of carbonyl (C=O) groups is 5. The zero-order chi connectivity index (χ0) is 19.4. The van der Waals surface area contributed by atoms with Crippen LogP contribution in [0.5, 0.6) is 0 Å². The summed E-state index contributed by atoms with van der Waals surface area (Å²) in [7, 11) is 0. The van der Waals surface area contributed by atoms with Crippen LogP contribution in [0.3, 0.4) is 0 Å². The Labute approximate surface area is 150 Å². The van der Waals surface area contributed by atoms with Crippen molar-refractivity contribution in [2.75, 3.05) is 13.1 Å².